The molecule has 162 valence electrons. The minimum atomic E-state index is -3.93. The summed E-state index contributed by atoms with van der Waals surface area (Å²) in [4.78, 5) is 12.9. The van der Waals surface area contributed by atoms with Gasteiger partial charge in [0.25, 0.3) is 10.0 Å². The van der Waals surface area contributed by atoms with Crippen LogP contribution in [-0.2, 0) is 14.8 Å². The molecule has 3 rings (SSSR count). The average Bonchev–Trinajstić information content (AvgIpc) is 2.78. The molecular formula is C23H23BrN2O4S. The van der Waals surface area contributed by atoms with Crippen molar-refractivity contribution in [3.8, 4) is 5.75 Å². The SMILES string of the molecule is COc1ccc(C(C)NC(=O)CN(c2ccc(Br)cc2)S(=O)(=O)c2ccccc2)cc1. The highest BCUT2D eigenvalue weighted by Gasteiger charge is 2.27. The van der Waals surface area contributed by atoms with E-state index in [9.17, 15) is 13.2 Å². The van der Waals surface area contributed by atoms with Crippen molar-refractivity contribution in [2.24, 2.45) is 0 Å². The molecule has 1 unspecified atom stereocenters. The van der Waals surface area contributed by atoms with E-state index in [0.29, 0.717) is 5.69 Å². The van der Waals surface area contributed by atoms with Gasteiger partial charge in [0, 0.05) is 4.47 Å². The van der Waals surface area contributed by atoms with Crippen molar-refractivity contribution < 1.29 is 17.9 Å². The molecular weight excluding hydrogens is 480 g/mol. The van der Waals surface area contributed by atoms with Gasteiger partial charge in [-0.25, -0.2) is 8.42 Å². The number of carbonyl (C=O) groups excluding carboxylic acids is 1. The predicted molar refractivity (Wildman–Crippen MR) is 125 cm³/mol. The molecule has 0 saturated carbocycles. The molecule has 8 heteroatoms. The van der Waals surface area contributed by atoms with Crippen molar-refractivity contribution in [1.29, 1.82) is 0 Å². The molecule has 1 atom stereocenters. The van der Waals surface area contributed by atoms with E-state index in [-0.39, 0.29) is 17.5 Å². The fourth-order valence-corrected chi connectivity index (χ4v) is 4.74. The van der Waals surface area contributed by atoms with Crippen LogP contribution in [0.5, 0.6) is 5.75 Å². The lowest BCUT2D eigenvalue weighted by molar-refractivity contribution is -0.120. The summed E-state index contributed by atoms with van der Waals surface area (Å²) in [5.74, 6) is 0.309. The van der Waals surface area contributed by atoms with Gasteiger partial charge in [-0.3, -0.25) is 9.10 Å². The van der Waals surface area contributed by atoms with Gasteiger partial charge in [0.2, 0.25) is 5.91 Å². The topological polar surface area (TPSA) is 75.7 Å². The second-order valence-corrected chi connectivity index (χ2v) is 9.64. The monoisotopic (exact) mass is 502 g/mol. The first-order valence-corrected chi connectivity index (χ1v) is 11.8. The van der Waals surface area contributed by atoms with Crippen LogP contribution in [-0.4, -0.2) is 28.0 Å². The van der Waals surface area contributed by atoms with Crippen molar-refractivity contribution >= 4 is 37.5 Å². The van der Waals surface area contributed by atoms with E-state index in [2.05, 4.69) is 21.2 Å². The van der Waals surface area contributed by atoms with E-state index in [4.69, 9.17) is 4.74 Å². The Morgan fingerprint density at radius 2 is 1.61 bits per heavy atom. The standard InChI is InChI=1S/C23H23BrN2O4S/c1-17(18-8-14-21(30-2)15-9-18)25-23(27)16-26(20-12-10-19(24)11-13-20)31(28,29)22-6-4-3-5-7-22/h3-15,17H,16H2,1-2H3,(H,25,27). The Bertz CT molecular complexity index is 1120. The van der Waals surface area contributed by atoms with Crippen molar-refractivity contribution in [3.63, 3.8) is 0 Å². The molecule has 0 aliphatic rings. The molecule has 0 spiro atoms. The van der Waals surface area contributed by atoms with Gasteiger partial charge in [-0.1, -0.05) is 46.3 Å². The van der Waals surface area contributed by atoms with E-state index >= 15 is 0 Å². The second kappa shape index (κ2) is 9.98. The van der Waals surface area contributed by atoms with E-state index < -0.39 is 15.9 Å². The molecule has 3 aromatic rings. The largest absolute Gasteiger partial charge is 0.497 e. The molecule has 31 heavy (non-hydrogen) atoms. The van der Waals surface area contributed by atoms with Crippen LogP contribution in [0.2, 0.25) is 0 Å². The van der Waals surface area contributed by atoms with Crippen molar-refractivity contribution in [1.82, 2.24) is 5.32 Å². The van der Waals surface area contributed by atoms with Crippen molar-refractivity contribution in [3.05, 3.63) is 88.9 Å². The Kier molecular flexibility index (Phi) is 7.35. The van der Waals surface area contributed by atoms with Gasteiger partial charge in [-0.15, -0.1) is 0 Å². The summed E-state index contributed by atoms with van der Waals surface area (Å²) in [5, 5.41) is 2.87. The summed E-state index contributed by atoms with van der Waals surface area (Å²) in [6, 6.07) is 21.9. The summed E-state index contributed by atoms with van der Waals surface area (Å²) in [5.41, 5.74) is 1.29. The number of rotatable bonds is 8. The van der Waals surface area contributed by atoms with Gasteiger partial charge in [0.1, 0.15) is 12.3 Å². The van der Waals surface area contributed by atoms with Crippen molar-refractivity contribution in [2.75, 3.05) is 18.0 Å². The average molecular weight is 503 g/mol. The van der Waals surface area contributed by atoms with Gasteiger partial charge >= 0.3 is 0 Å². The molecule has 0 bridgehead atoms. The van der Waals surface area contributed by atoms with Crippen LogP contribution < -0.4 is 14.4 Å². The maximum absolute atomic E-state index is 13.3. The van der Waals surface area contributed by atoms with E-state index in [1.165, 1.54) is 12.1 Å². The normalized spacial score (nSPS) is 12.1. The Morgan fingerprint density at radius 3 is 2.19 bits per heavy atom. The first kappa shape index (κ1) is 22.8. The number of methoxy groups -OCH3 is 1. The molecule has 0 fully saturated rings. The summed E-state index contributed by atoms with van der Waals surface area (Å²) < 4.78 is 33.7. The highest BCUT2D eigenvalue weighted by atomic mass is 79.9. The molecule has 3 aromatic carbocycles. The molecule has 0 heterocycles. The number of benzene rings is 3. The van der Waals surface area contributed by atoms with Crippen LogP contribution in [0, 0.1) is 0 Å². The van der Waals surface area contributed by atoms with Crippen LogP contribution >= 0.6 is 15.9 Å². The Labute approximate surface area is 191 Å². The van der Waals surface area contributed by atoms with Gasteiger partial charge in [0.05, 0.1) is 23.7 Å². The number of anilines is 1. The number of sulfonamides is 1. The van der Waals surface area contributed by atoms with E-state index in [1.807, 2.05) is 31.2 Å². The molecule has 0 aliphatic carbocycles. The first-order valence-electron chi connectivity index (χ1n) is 9.58. The number of halogens is 1. The number of hydrogen-bond acceptors (Lipinski definition) is 4. The highest BCUT2D eigenvalue weighted by molar-refractivity contribution is 9.10. The van der Waals surface area contributed by atoms with Crippen molar-refractivity contribution in [2.45, 2.75) is 17.9 Å². The quantitative estimate of drug-likeness (QED) is 0.490. The zero-order valence-electron chi connectivity index (χ0n) is 17.2. The summed E-state index contributed by atoms with van der Waals surface area (Å²) >= 11 is 3.35. The minimum Gasteiger partial charge on any atom is -0.497 e. The number of hydrogen-bond donors (Lipinski definition) is 1. The van der Waals surface area contributed by atoms with Gasteiger partial charge < -0.3 is 10.1 Å². The maximum atomic E-state index is 13.3. The lowest BCUT2D eigenvalue weighted by Crippen LogP contribution is -2.41. The molecule has 0 aliphatic heterocycles. The number of nitrogens with one attached hydrogen (secondary N) is 1. The lowest BCUT2D eigenvalue weighted by Gasteiger charge is -2.25. The zero-order chi connectivity index (χ0) is 22.4. The molecule has 0 radical (unpaired) electrons. The van der Waals surface area contributed by atoms with Crippen LogP contribution in [0.15, 0.2) is 88.2 Å². The Balaban J connectivity index is 1.84. The first-order chi connectivity index (χ1) is 14.8. The Hall–Kier alpha value is -2.84. The summed E-state index contributed by atoms with van der Waals surface area (Å²) in [6.45, 7) is 1.49. The molecule has 0 aromatic heterocycles. The smallest absolute Gasteiger partial charge is 0.264 e. The fourth-order valence-electron chi connectivity index (χ4n) is 3.04. The summed E-state index contributed by atoms with van der Waals surface area (Å²) in [7, 11) is -2.34. The number of amides is 1. The van der Waals surface area contributed by atoms with E-state index in [0.717, 1.165) is 20.1 Å². The van der Waals surface area contributed by atoms with E-state index in [1.54, 1.807) is 49.6 Å². The fraction of sp³-hybridized carbons (Fsp3) is 0.174. The second-order valence-electron chi connectivity index (χ2n) is 6.86. The zero-order valence-corrected chi connectivity index (χ0v) is 19.6. The third-order valence-electron chi connectivity index (χ3n) is 4.73. The third kappa shape index (κ3) is 5.65. The molecule has 0 saturated heterocycles. The number of carbonyl (C=O) groups is 1. The number of nitrogens with zero attached hydrogens (tertiary/aromatic N) is 1. The van der Waals surface area contributed by atoms with Gasteiger partial charge in [-0.05, 0) is 61.0 Å². The highest BCUT2D eigenvalue weighted by Crippen LogP contribution is 2.25. The van der Waals surface area contributed by atoms with Crippen LogP contribution in [0.1, 0.15) is 18.5 Å². The third-order valence-corrected chi connectivity index (χ3v) is 7.04. The van der Waals surface area contributed by atoms with Gasteiger partial charge in [0.15, 0.2) is 0 Å². The van der Waals surface area contributed by atoms with Crippen LogP contribution in [0.4, 0.5) is 5.69 Å². The van der Waals surface area contributed by atoms with Crippen LogP contribution in [0.25, 0.3) is 0 Å². The molecule has 1 amide bonds. The maximum Gasteiger partial charge on any atom is 0.264 e. The molecule has 1 N–H and O–H groups in total. The Morgan fingerprint density at radius 1 is 1.00 bits per heavy atom. The molecule has 6 nitrogen and oxygen atoms in total. The number of ether oxygens (including phenoxy) is 1. The van der Waals surface area contributed by atoms with Gasteiger partial charge in [-0.2, -0.15) is 0 Å². The summed E-state index contributed by atoms with van der Waals surface area (Å²) in [6.07, 6.45) is 0. The van der Waals surface area contributed by atoms with Crippen LogP contribution in [0.3, 0.4) is 0 Å². The minimum absolute atomic E-state index is 0.119. The predicted octanol–water partition coefficient (Wildman–Crippen LogP) is 4.53. The lowest BCUT2D eigenvalue weighted by atomic mass is 10.1.